The van der Waals surface area contributed by atoms with Gasteiger partial charge in [-0.3, -0.25) is 14.9 Å². The zero-order chi connectivity index (χ0) is 17.7. The van der Waals surface area contributed by atoms with Crippen molar-refractivity contribution in [3.8, 4) is 6.07 Å². The molecule has 0 unspecified atom stereocenters. The molecule has 1 amide bonds. The van der Waals surface area contributed by atoms with Gasteiger partial charge < -0.3 is 10.2 Å². The van der Waals surface area contributed by atoms with Crippen molar-refractivity contribution in [3.05, 3.63) is 62.6 Å². The Balaban J connectivity index is 2.16. The van der Waals surface area contributed by atoms with Gasteiger partial charge in [0.1, 0.15) is 5.69 Å². The summed E-state index contributed by atoms with van der Waals surface area (Å²) in [6, 6.07) is 13.1. The van der Waals surface area contributed by atoms with Crippen LogP contribution in [0.4, 0.5) is 17.1 Å². The van der Waals surface area contributed by atoms with Crippen molar-refractivity contribution in [2.24, 2.45) is 0 Å². The quantitative estimate of drug-likeness (QED) is 0.625. The first-order chi connectivity index (χ1) is 11.4. The summed E-state index contributed by atoms with van der Waals surface area (Å²) in [5.74, 6) is -0.317. The number of nitriles is 1. The SMILES string of the molecule is CN(CC(=O)Nc1ccccc1Br)c1ccc(C#N)cc1[N+](=O)[O-]. The summed E-state index contributed by atoms with van der Waals surface area (Å²) in [6.07, 6.45) is 0. The molecule has 8 heteroatoms. The number of nitro groups is 1. The van der Waals surface area contributed by atoms with Crippen LogP contribution in [0.3, 0.4) is 0 Å². The smallest absolute Gasteiger partial charge is 0.293 e. The third-order valence-electron chi connectivity index (χ3n) is 3.24. The van der Waals surface area contributed by atoms with Crippen LogP contribution in [0.2, 0.25) is 0 Å². The van der Waals surface area contributed by atoms with E-state index < -0.39 is 4.92 Å². The van der Waals surface area contributed by atoms with E-state index >= 15 is 0 Å². The van der Waals surface area contributed by atoms with Gasteiger partial charge in [0, 0.05) is 17.6 Å². The first-order valence-corrected chi connectivity index (χ1v) is 7.65. The number of amides is 1. The molecule has 1 N–H and O–H groups in total. The Labute approximate surface area is 146 Å². The number of likely N-dealkylation sites (N-methyl/N-ethyl adjacent to an activating group) is 1. The van der Waals surface area contributed by atoms with Gasteiger partial charge in [-0.25, -0.2) is 0 Å². The number of para-hydroxylation sites is 1. The van der Waals surface area contributed by atoms with Crippen LogP contribution in [0.15, 0.2) is 46.9 Å². The van der Waals surface area contributed by atoms with Gasteiger partial charge in [-0.2, -0.15) is 5.26 Å². The van der Waals surface area contributed by atoms with E-state index in [1.54, 1.807) is 25.2 Å². The number of benzene rings is 2. The van der Waals surface area contributed by atoms with Gasteiger partial charge in [-0.15, -0.1) is 0 Å². The minimum atomic E-state index is -0.571. The topological polar surface area (TPSA) is 99.3 Å². The van der Waals surface area contributed by atoms with E-state index in [9.17, 15) is 14.9 Å². The Hall–Kier alpha value is -2.92. The molecule has 24 heavy (non-hydrogen) atoms. The van der Waals surface area contributed by atoms with Crippen molar-refractivity contribution in [3.63, 3.8) is 0 Å². The van der Waals surface area contributed by atoms with Gasteiger partial charge in [0.05, 0.1) is 28.8 Å². The van der Waals surface area contributed by atoms with Crippen LogP contribution in [0, 0.1) is 21.4 Å². The van der Waals surface area contributed by atoms with Crippen LogP contribution < -0.4 is 10.2 Å². The van der Waals surface area contributed by atoms with Crippen LogP contribution >= 0.6 is 15.9 Å². The van der Waals surface area contributed by atoms with Gasteiger partial charge >= 0.3 is 0 Å². The summed E-state index contributed by atoms with van der Waals surface area (Å²) >= 11 is 3.33. The lowest BCUT2D eigenvalue weighted by Crippen LogP contribution is -2.30. The van der Waals surface area contributed by atoms with E-state index in [1.807, 2.05) is 12.1 Å². The number of nitro benzene ring substituents is 1. The standard InChI is InChI=1S/C16H13BrN4O3/c1-20(10-16(22)19-13-5-3-2-4-12(13)17)14-7-6-11(9-18)8-15(14)21(23)24/h2-8H,10H2,1H3,(H,19,22). The van der Waals surface area contributed by atoms with E-state index in [1.165, 1.54) is 23.1 Å². The highest BCUT2D eigenvalue weighted by Crippen LogP contribution is 2.28. The second-order valence-corrected chi connectivity index (χ2v) is 5.81. The van der Waals surface area contributed by atoms with E-state index in [-0.39, 0.29) is 29.4 Å². The summed E-state index contributed by atoms with van der Waals surface area (Å²) in [4.78, 5) is 24.2. The van der Waals surface area contributed by atoms with Crippen molar-refractivity contribution >= 4 is 38.9 Å². The number of rotatable bonds is 5. The number of nitrogens with zero attached hydrogens (tertiary/aromatic N) is 3. The molecule has 2 aromatic rings. The number of anilines is 2. The minimum absolute atomic E-state index is 0.0753. The first-order valence-electron chi connectivity index (χ1n) is 6.86. The van der Waals surface area contributed by atoms with Crippen molar-refractivity contribution in [1.29, 1.82) is 5.26 Å². The fraction of sp³-hybridized carbons (Fsp3) is 0.125. The zero-order valence-electron chi connectivity index (χ0n) is 12.7. The van der Waals surface area contributed by atoms with Crippen LogP contribution in [0.25, 0.3) is 0 Å². The fourth-order valence-corrected chi connectivity index (χ4v) is 2.50. The fourth-order valence-electron chi connectivity index (χ4n) is 2.11. The molecule has 0 saturated carbocycles. The van der Waals surface area contributed by atoms with Gasteiger partial charge in [0.15, 0.2) is 0 Å². The lowest BCUT2D eigenvalue weighted by molar-refractivity contribution is -0.384. The third-order valence-corrected chi connectivity index (χ3v) is 3.93. The average molecular weight is 389 g/mol. The second-order valence-electron chi connectivity index (χ2n) is 4.96. The maximum atomic E-state index is 12.2. The monoisotopic (exact) mass is 388 g/mol. The van der Waals surface area contributed by atoms with E-state index in [0.717, 1.165) is 4.47 Å². The highest BCUT2D eigenvalue weighted by atomic mass is 79.9. The molecule has 0 atom stereocenters. The van der Waals surface area contributed by atoms with Crippen molar-refractivity contribution in [2.45, 2.75) is 0 Å². The molecule has 2 rings (SSSR count). The molecular formula is C16H13BrN4O3. The number of halogens is 1. The molecule has 0 aliphatic heterocycles. The molecule has 0 saturated heterocycles. The summed E-state index contributed by atoms with van der Waals surface area (Å²) in [7, 11) is 1.58. The Morgan fingerprint density at radius 2 is 2.08 bits per heavy atom. The van der Waals surface area contributed by atoms with Crippen LogP contribution in [-0.2, 0) is 4.79 Å². The Bertz CT molecular complexity index is 832. The summed E-state index contributed by atoms with van der Waals surface area (Å²) in [5.41, 5.74) is 0.855. The Morgan fingerprint density at radius 1 is 1.38 bits per heavy atom. The van der Waals surface area contributed by atoms with Crippen molar-refractivity contribution in [2.75, 3.05) is 23.8 Å². The van der Waals surface area contributed by atoms with Crippen molar-refractivity contribution < 1.29 is 9.72 Å². The lowest BCUT2D eigenvalue weighted by Gasteiger charge is -2.19. The largest absolute Gasteiger partial charge is 0.360 e. The molecule has 0 spiro atoms. The molecule has 2 aromatic carbocycles. The van der Waals surface area contributed by atoms with Gasteiger partial charge in [-0.1, -0.05) is 12.1 Å². The number of nitrogens with one attached hydrogen (secondary N) is 1. The van der Waals surface area contributed by atoms with Crippen LogP contribution in [-0.4, -0.2) is 24.4 Å². The maximum Gasteiger partial charge on any atom is 0.293 e. The molecule has 0 fully saturated rings. The first kappa shape index (κ1) is 17.4. The molecule has 7 nitrogen and oxygen atoms in total. The normalized spacial score (nSPS) is 9.88. The van der Waals surface area contributed by atoms with Gasteiger partial charge in [-0.05, 0) is 40.2 Å². The molecule has 0 aromatic heterocycles. The molecule has 0 aliphatic rings. The van der Waals surface area contributed by atoms with Crippen LogP contribution in [0.5, 0.6) is 0 Å². The number of carbonyl (C=O) groups excluding carboxylic acids is 1. The summed E-state index contributed by atoms with van der Waals surface area (Å²) < 4.78 is 0.741. The van der Waals surface area contributed by atoms with Crippen molar-refractivity contribution in [1.82, 2.24) is 0 Å². The molecular weight excluding hydrogens is 376 g/mol. The van der Waals surface area contributed by atoms with E-state index in [2.05, 4.69) is 21.2 Å². The molecule has 0 heterocycles. The minimum Gasteiger partial charge on any atom is -0.360 e. The second kappa shape index (κ2) is 7.57. The average Bonchev–Trinajstić information content (AvgIpc) is 2.56. The molecule has 0 bridgehead atoms. The summed E-state index contributed by atoms with van der Waals surface area (Å²) in [6.45, 7) is -0.0753. The highest BCUT2D eigenvalue weighted by Gasteiger charge is 2.19. The molecule has 0 radical (unpaired) electrons. The van der Waals surface area contributed by atoms with E-state index in [4.69, 9.17) is 5.26 Å². The molecule has 0 aliphatic carbocycles. The number of hydrogen-bond donors (Lipinski definition) is 1. The number of hydrogen-bond acceptors (Lipinski definition) is 5. The maximum absolute atomic E-state index is 12.2. The predicted octanol–water partition coefficient (Wildman–Crippen LogP) is 3.30. The lowest BCUT2D eigenvalue weighted by atomic mass is 10.1. The zero-order valence-corrected chi connectivity index (χ0v) is 14.3. The Kier molecular flexibility index (Phi) is 5.50. The highest BCUT2D eigenvalue weighted by molar-refractivity contribution is 9.10. The van der Waals surface area contributed by atoms with Gasteiger partial charge in [0.2, 0.25) is 5.91 Å². The van der Waals surface area contributed by atoms with Gasteiger partial charge in [0.25, 0.3) is 5.69 Å². The summed E-state index contributed by atoms with van der Waals surface area (Å²) in [5, 5.41) is 22.8. The Morgan fingerprint density at radius 3 is 2.71 bits per heavy atom. The van der Waals surface area contributed by atoms with E-state index in [0.29, 0.717) is 5.69 Å². The predicted molar refractivity (Wildman–Crippen MR) is 93.9 cm³/mol. The van der Waals surface area contributed by atoms with Crippen LogP contribution in [0.1, 0.15) is 5.56 Å². The number of carbonyl (C=O) groups is 1. The third kappa shape index (κ3) is 4.08. The molecule has 122 valence electrons.